The second-order valence-electron chi connectivity index (χ2n) is 4.32. The van der Waals surface area contributed by atoms with Crippen molar-refractivity contribution in [2.24, 2.45) is 0 Å². The number of hydrogen-bond acceptors (Lipinski definition) is 4. The van der Waals surface area contributed by atoms with Gasteiger partial charge in [0.15, 0.2) is 0 Å². The van der Waals surface area contributed by atoms with Gasteiger partial charge in [0, 0.05) is 31.0 Å². The zero-order valence-corrected chi connectivity index (χ0v) is 10.3. The third kappa shape index (κ3) is 1.90. The predicted octanol–water partition coefficient (Wildman–Crippen LogP) is 2.05. The van der Waals surface area contributed by atoms with Crippen LogP contribution >= 0.6 is 0 Å². The normalized spacial score (nSPS) is 14.2. The van der Waals surface area contributed by atoms with Crippen LogP contribution in [0.15, 0.2) is 36.7 Å². The summed E-state index contributed by atoms with van der Waals surface area (Å²) in [6, 6.07) is 8.04. The molecule has 0 spiro atoms. The summed E-state index contributed by atoms with van der Waals surface area (Å²) in [7, 11) is 1.72. The first-order valence-electron chi connectivity index (χ1n) is 6.05. The second-order valence-corrected chi connectivity index (χ2v) is 4.32. The van der Waals surface area contributed by atoms with Crippen molar-refractivity contribution in [3.63, 3.8) is 0 Å². The molecule has 0 saturated heterocycles. The minimum Gasteiger partial charge on any atom is -0.496 e. The highest BCUT2D eigenvalue weighted by atomic mass is 16.5. The Kier molecular flexibility index (Phi) is 2.84. The number of hydrogen-bond donors (Lipinski definition) is 0. The van der Waals surface area contributed by atoms with E-state index < -0.39 is 0 Å². The van der Waals surface area contributed by atoms with Crippen molar-refractivity contribution in [3.8, 4) is 5.75 Å². The van der Waals surface area contributed by atoms with Crippen molar-refractivity contribution >= 4 is 5.95 Å². The summed E-state index contributed by atoms with van der Waals surface area (Å²) in [4.78, 5) is 10.8. The van der Waals surface area contributed by atoms with Crippen LogP contribution in [0.4, 0.5) is 5.95 Å². The van der Waals surface area contributed by atoms with Crippen LogP contribution in [-0.4, -0.2) is 23.6 Å². The summed E-state index contributed by atoms with van der Waals surface area (Å²) in [5, 5.41) is 0. The summed E-state index contributed by atoms with van der Waals surface area (Å²) in [6.07, 6.45) is 4.53. The smallest absolute Gasteiger partial charge is 0.225 e. The van der Waals surface area contributed by atoms with Gasteiger partial charge in [-0.05, 0) is 24.1 Å². The molecule has 1 aliphatic heterocycles. The zero-order chi connectivity index (χ0) is 12.4. The number of fused-ring (bicyclic) bond motifs is 1. The van der Waals surface area contributed by atoms with Crippen LogP contribution in [0.2, 0.25) is 0 Å². The number of benzene rings is 1. The molecule has 0 amide bonds. The summed E-state index contributed by atoms with van der Waals surface area (Å²) in [6.45, 7) is 1.77. The van der Waals surface area contributed by atoms with Crippen LogP contribution in [0.25, 0.3) is 0 Å². The van der Waals surface area contributed by atoms with Gasteiger partial charge in [-0.3, -0.25) is 0 Å². The fourth-order valence-electron chi connectivity index (χ4n) is 2.39. The summed E-state index contributed by atoms with van der Waals surface area (Å²) in [5.74, 6) is 1.78. The molecular weight excluding hydrogens is 226 g/mol. The van der Waals surface area contributed by atoms with Gasteiger partial charge >= 0.3 is 0 Å². The molecule has 4 heteroatoms. The highest BCUT2D eigenvalue weighted by Gasteiger charge is 2.20. The van der Waals surface area contributed by atoms with Crippen LogP contribution in [0.5, 0.6) is 5.75 Å². The fourth-order valence-corrected chi connectivity index (χ4v) is 2.39. The highest BCUT2D eigenvalue weighted by molar-refractivity contribution is 5.46. The molecule has 2 aromatic rings. The zero-order valence-electron chi connectivity index (χ0n) is 10.3. The summed E-state index contributed by atoms with van der Waals surface area (Å²) < 4.78 is 5.40. The quantitative estimate of drug-likeness (QED) is 0.806. The molecule has 1 aromatic carbocycles. The van der Waals surface area contributed by atoms with Gasteiger partial charge in [-0.15, -0.1) is 0 Å². The monoisotopic (exact) mass is 241 g/mol. The van der Waals surface area contributed by atoms with Crippen molar-refractivity contribution in [1.82, 2.24) is 9.97 Å². The van der Waals surface area contributed by atoms with Gasteiger partial charge in [0.25, 0.3) is 0 Å². The topological polar surface area (TPSA) is 38.2 Å². The molecule has 4 nitrogen and oxygen atoms in total. The molecule has 0 radical (unpaired) electrons. The van der Waals surface area contributed by atoms with Gasteiger partial charge in [-0.1, -0.05) is 12.1 Å². The number of ether oxygens (including phenoxy) is 1. The Morgan fingerprint density at radius 1 is 1.17 bits per heavy atom. The van der Waals surface area contributed by atoms with Crippen LogP contribution < -0.4 is 9.64 Å². The maximum Gasteiger partial charge on any atom is 0.225 e. The maximum absolute atomic E-state index is 5.40. The van der Waals surface area contributed by atoms with Gasteiger partial charge < -0.3 is 9.64 Å². The average molecular weight is 241 g/mol. The molecule has 0 bridgehead atoms. The van der Waals surface area contributed by atoms with Crippen molar-refractivity contribution in [2.45, 2.75) is 13.0 Å². The van der Waals surface area contributed by atoms with E-state index in [-0.39, 0.29) is 0 Å². The van der Waals surface area contributed by atoms with E-state index in [1.807, 2.05) is 18.2 Å². The molecule has 2 heterocycles. The number of anilines is 1. The van der Waals surface area contributed by atoms with E-state index in [0.717, 1.165) is 31.2 Å². The Hall–Kier alpha value is -2.10. The Bertz CT molecular complexity index is 542. The number of aromatic nitrogens is 2. The SMILES string of the molecule is COc1cccc2c1CCN(c1ncccn1)C2. The lowest BCUT2D eigenvalue weighted by Gasteiger charge is -2.29. The first-order chi connectivity index (χ1) is 8.88. The number of rotatable bonds is 2. The Labute approximate surface area is 106 Å². The molecular formula is C14H15N3O. The Balaban J connectivity index is 1.90. The van der Waals surface area contributed by atoms with Crippen LogP contribution in [0.3, 0.4) is 0 Å². The molecule has 0 aliphatic carbocycles. The van der Waals surface area contributed by atoms with E-state index in [1.54, 1.807) is 19.5 Å². The van der Waals surface area contributed by atoms with Crippen molar-refractivity contribution in [3.05, 3.63) is 47.8 Å². The molecule has 0 atom stereocenters. The fraction of sp³-hybridized carbons (Fsp3) is 0.286. The maximum atomic E-state index is 5.40. The highest BCUT2D eigenvalue weighted by Crippen LogP contribution is 2.28. The largest absolute Gasteiger partial charge is 0.496 e. The molecule has 92 valence electrons. The molecule has 3 rings (SSSR count). The lowest BCUT2D eigenvalue weighted by molar-refractivity contribution is 0.407. The van der Waals surface area contributed by atoms with Crippen LogP contribution in [0.1, 0.15) is 11.1 Å². The van der Waals surface area contributed by atoms with Gasteiger partial charge in [0.05, 0.1) is 7.11 Å². The number of methoxy groups -OCH3 is 1. The van der Waals surface area contributed by atoms with E-state index in [9.17, 15) is 0 Å². The summed E-state index contributed by atoms with van der Waals surface area (Å²) >= 11 is 0. The number of nitrogens with zero attached hydrogens (tertiary/aromatic N) is 3. The molecule has 0 N–H and O–H groups in total. The minimum atomic E-state index is 0.797. The average Bonchev–Trinajstić information content (AvgIpc) is 2.47. The van der Waals surface area contributed by atoms with Gasteiger partial charge in [0.2, 0.25) is 5.95 Å². The van der Waals surface area contributed by atoms with Crippen LogP contribution in [0, 0.1) is 0 Å². The van der Waals surface area contributed by atoms with E-state index in [0.29, 0.717) is 0 Å². The molecule has 18 heavy (non-hydrogen) atoms. The Morgan fingerprint density at radius 3 is 2.78 bits per heavy atom. The second kappa shape index (κ2) is 4.64. The minimum absolute atomic E-state index is 0.797. The first kappa shape index (κ1) is 11.0. The molecule has 0 saturated carbocycles. The van der Waals surface area contributed by atoms with E-state index >= 15 is 0 Å². The lowest BCUT2D eigenvalue weighted by atomic mass is 9.99. The molecule has 1 aromatic heterocycles. The van der Waals surface area contributed by atoms with Crippen molar-refractivity contribution in [1.29, 1.82) is 0 Å². The summed E-state index contributed by atoms with van der Waals surface area (Å²) in [5.41, 5.74) is 2.61. The van der Waals surface area contributed by atoms with E-state index in [4.69, 9.17) is 4.74 Å². The predicted molar refractivity (Wildman–Crippen MR) is 69.8 cm³/mol. The molecule has 0 fully saturated rings. The Morgan fingerprint density at radius 2 is 2.00 bits per heavy atom. The van der Waals surface area contributed by atoms with Gasteiger partial charge in [-0.2, -0.15) is 0 Å². The van der Waals surface area contributed by atoms with Gasteiger partial charge in [-0.25, -0.2) is 9.97 Å². The lowest BCUT2D eigenvalue weighted by Crippen LogP contribution is -2.31. The van der Waals surface area contributed by atoms with Gasteiger partial charge in [0.1, 0.15) is 5.75 Å². The molecule has 1 aliphatic rings. The first-order valence-corrected chi connectivity index (χ1v) is 6.05. The van der Waals surface area contributed by atoms with E-state index in [2.05, 4.69) is 20.9 Å². The van der Waals surface area contributed by atoms with Crippen molar-refractivity contribution < 1.29 is 4.74 Å². The third-order valence-corrected chi connectivity index (χ3v) is 3.28. The molecule has 0 unspecified atom stereocenters. The van der Waals surface area contributed by atoms with Crippen LogP contribution in [-0.2, 0) is 13.0 Å². The third-order valence-electron chi connectivity index (χ3n) is 3.28. The van der Waals surface area contributed by atoms with E-state index in [1.165, 1.54) is 11.1 Å². The standard InChI is InChI=1S/C14H15N3O/c1-18-13-5-2-4-11-10-17(9-6-12(11)13)14-15-7-3-8-16-14/h2-5,7-8H,6,9-10H2,1H3. The van der Waals surface area contributed by atoms with Crippen molar-refractivity contribution in [2.75, 3.05) is 18.6 Å².